The minimum absolute atomic E-state index is 0.0875. The van der Waals surface area contributed by atoms with Gasteiger partial charge in [-0.15, -0.1) is 11.3 Å². The minimum atomic E-state index is -0.0875. The van der Waals surface area contributed by atoms with Crippen LogP contribution in [0.2, 0.25) is 5.02 Å². The lowest BCUT2D eigenvalue weighted by Crippen LogP contribution is -2.06. The van der Waals surface area contributed by atoms with Gasteiger partial charge in [0.25, 0.3) is 0 Å². The van der Waals surface area contributed by atoms with E-state index in [1.165, 1.54) is 11.3 Å². The molecule has 0 N–H and O–H groups in total. The number of aryl methyl sites for hydroxylation is 2. The number of nitrogens with zero attached hydrogens (tertiary/aromatic N) is 2. The molecule has 0 fully saturated rings. The van der Waals surface area contributed by atoms with Crippen molar-refractivity contribution in [1.29, 1.82) is 0 Å². The molecule has 0 bridgehead atoms. The summed E-state index contributed by atoms with van der Waals surface area (Å²) in [6.07, 6.45) is 0. The van der Waals surface area contributed by atoms with Gasteiger partial charge < -0.3 is 0 Å². The van der Waals surface area contributed by atoms with Gasteiger partial charge in [0.15, 0.2) is 0 Å². The minimum Gasteiger partial charge on any atom is -0.288 e. The largest absolute Gasteiger partial charge is 0.288 e. The van der Waals surface area contributed by atoms with Gasteiger partial charge in [-0.25, -0.2) is 0 Å². The van der Waals surface area contributed by atoms with Crippen molar-refractivity contribution in [3.8, 4) is 0 Å². The highest BCUT2D eigenvalue weighted by Crippen LogP contribution is 2.25. The van der Waals surface area contributed by atoms with E-state index in [0.717, 1.165) is 5.69 Å². The van der Waals surface area contributed by atoms with Crippen molar-refractivity contribution in [1.82, 2.24) is 10.2 Å². The monoisotopic (exact) mass is 252 g/mol. The van der Waals surface area contributed by atoms with Crippen LogP contribution in [0.15, 0.2) is 17.5 Å². The summed E-state index contributed by atoms with van der Waals surface area (Å²) in [6, 6.07) is 3.46. The Morgan fingerprint density at radius 2 is 2.12 bits per heavy atom. The van der Waals surface area contributed by atoms with E-state index in [1.807, 2.05) is 0 Å². The highest BCUT2D eigenvalue weighted by molar-refractivity contribution is 7.13. The van der Waals surface area contributed by atoms with E-state index in [0.29, 0.717) is 21.2 Å². The first-order chi connectivity index (χ1) is 7.59. The van der Waals surface area contributed by atoms with E-state index in [1.54, 1.807) is 31.4 Å². The number of hydrogen-bond donors (Lipinski definition) is 0. The molecule has 16 heavy (non-hydrogen) atoms. The van der Waals surface area contributed by atoms with Crippen molar-refractivity contribution in [2.24, 2.45) is 0 Å². The first-order valence-electron chi connectivity index (χ1n) is 4.68. The van der Waals surface area contributed by atoms with Gasteiger partial charge in [-0.05, 0) is 31.4 Å². The summed E-state index contributed by atoms with van der Waals surface area (Å²) in [5.74, 6) is -0.0875. The first kappa shape index (κ1) is 11.2. The Morgan fingerprint density at radius 3 is 2.75 bits per heavy atom. The lowest BCUT2D eigenvalue weighted by Gasteiger charge is -2.03. The highest BCUT2D eigenvalue weighted by atomic mass is 35.5. The molecule has 0 spiro atoms. The molecule has 2 heterocycles. The summed E-state index contributed by atoms with van der Waals surface area (Å²) < 4.78 is 0. The maximum atomic E-state index is 12.2. The Kier molecular flexibility index (Phi) is 3.03. The van der Waals surface area contributed by atoms with Gasteiger partial charge in [0.1, 0.15) is 0 Å². The molecular formula is C11H9ClN2OS. The molecule has 3 nitrogen and oxygen atoms in total. The van der Waals surface area contributed by atoms with Crippen LogP contribution >= 0.6 is 22.9 Å². The molecule has 0 unspecified atom stereocenters. The second-order valence-electron chi connectivity index (χ2n) is 3.41. The lowest BCUT2D eigenvalue weighted by molar-refractivity contribution is 0.104. The van der Waals surface area contributed by atoms with E-state index < -0.39 is 0 Å². The number of carbonyl (C=O) groups excluding carboxylic acids is 1. The number of hydrogen-bond acceptors (Lipinski definition) is 4. The van der Waals surface area contributed by atoms with E-state index in [2.05, 4.69) is 10.2 Å². The van der Waals surface area contributed by atoms with Crippen LogP contribution in [0.3, 0.4) is 0 Å². The fourth-order valence-electron chi connectivity index (χ4n) is 1.36. The molecular weight excluding hydrogens is 244 g/mol. The summed E-state index contributed by atoms with van der Waals surface area (Å²) in [5.41, 5.74) is 1.92. The molecule has 0 radical (unpaired) electrons. The maximum Gasteiger partial charge on any atom is 0.206 e. The SMILES string of the molecule is Cc1cc(C(=O)c2sccc2Cl)c(C)nn1. The van der Waals surface area contributed by atoms with Gasteiger partial charge in [-0.1, -0.05) is 11.6 Å². The second kappa shape index (κ2) is 4.31. The molecule has 0 saturated carbocycles. The van der Waals surface area contributed by atoms with Crippen molar-refractivity contribution < 1.29 is 4.79 Å². The third-order valence-corrected chi connectivity index (χ3v) is 3.51. The van der Waals surface area contributed by atoms with Gasteiger partial charge >= 0.3 is 0 Å². The van der Waals surface area contributed by atoms with Crippen LogP contribution in [0, 0.1) is 13.8 Å². The van der Waals surface area contributed by atoms with Crippen LogP contribution in [0.1, 0.15) is 26.6 Å². The quantitative estimate of drug-likeness (QED) is 0.772. The summed E-state index contributed by atoms with van der Waals surface area (Å²) in [6.45, 7) is 3.57. The zero-order chi connectivity index (χ0) is 11.7. The molecule has 82 valence electrons. The molecule has 0 aliphatic carbocycles. The standard InChI is InChI=1S/C11H9ClN2OS/c1-6-5-8(7(2)14-13-6)10(15)11-9(12)3-4-16-11/h3-5H,1-2H3. The molecule has 2 rings (SSSR count). The van der Waals surface area contributed by atoms with Crippen molar-refractivity contribution in [3.63, 3.8) is 0 Å². The van der Waals surface area contributed by atoms with E-state index in [-0.39, 0.29) is 5.78 Å². The van der Waals surface area contributed by atoms with Crippen LogP contribution in [-0.4, -0.2) is 16.0 Å². The number of rotatable bonds is 2. The van der Waals surface area contributed by atoms with Gasteiger partial charge in [-0.3, -0.25) is 4.79 Å². The fraction of sp³-hybridized carbons (Fsp3) is 0.182. The maximum absolute atomic E-state index is 12.2. The van der Waals surface area contributed by atoms with Gasteiger partial charge in [0.2, 0.25) is 5.78 Å². The zero-order valence-corrected chi connectivity index (χ0v) is 10.4. The van der Waals surface area contributed by atoms with E-state index in [9.17, 15) is 4.79 Å². The zero-order valence-electron chi connectivity index (χ0n) is 8.82. The molecule has 0 aliphatic rings. The van der Waals surface area contributed by atoms with Gasteiger partial charge in [-0.2, -0.15) is 10.2 Å². The third-order valence-electron chi connectivity index (χ3n) is 2.17. The molecule has 0 aliphatic heterocycles. The van der Waals surface area contributed by atoms with Crippen molar-refractivity contribution in [3.05, 3.63) is 44.4 Å². The van der Waals surface area contributed by atoms with Gasteiger partial charge in [0.05, 0.1) is 21.3 Å². The Hall–Kier alpha value is -1.26. The van der Waals surface area contributed by atoms with Gasteiger partial charge in [0, 0.05) is 5.56 Å². The highest BCUT2D eigenvalue weighted by Gasteiger charge is 2.17. The topological polar surface area (TPSA) is 42.9 Å². The summed E-state index contributed by atoms with van der Waals surface area (Å²) in [5, 5.41) is 10.1. The summed E-state index contributed by atoms with van der Waals surface area (Å²) in [7, 11) is 0. The number of carbonyl (C=O) groups is 1. The average Bonchev–Trinajstić information content (AvgIpc) is 2.67. The number of aromatic nitrogens is 2. The predicted octanol–water partition coefficient (Wildman–Crippen LogP) is 3.04. The van der Waals surface area contributed by atoms with E-state index >= 15 is 0 Å². The summed E-state index contributed by atoms with van der Waals surface area (Å²) >= 11 is 7.27. The molecule has 0 amide bonds. The smallest absolute Gasteiger partial charge is 0.206 e. The van der Waals surface area contributed by atoms with Crippen molar-refractivity contribution in [2.45, 2.75) is 13.8 Å². The number of thiophene rings is 1. The van der Waals surface area contributed by atoms with Crippen LogP contribution < -0.4 is 0 Å². The Morgan fingerprint density at radius 1 is 1.38 bits per heavy atom. The number of ketones is 1. The molecule has 5 heteroatoms. The molecule has 0 saturated heterocycles. The molecule has 0 aromatic carbocycles. The van der Waals surface area contributed by atoms with E-state index in [4.69, 9.17) is 11.6 Å². The Bertz CT molecular complexity index is 551. The van der Waals surface area contributed by atoms with Crippen molar-refractivity contribution >= 4 is 28.7 Å². The van der Waals surface area contributed by atoms with Crippen LogP contribution in [0.25, 0.3) is 0 Å². The Balaban J connectivity index is 2.49. The van der Waals surface area contributed by atoms with Crippen LogP contribution in [0.5, 0.6) is 0 Å². The average molecular weight is 253 g/mol. The third kappa shape index (κ3) is 1.99. The molecule has 2 aromatic heterocycles. The van der Waals surface area contributed by atoms with Crippen LogP contribution in [0.4, 0.5) is 0 Å². The molecule has 0 atom stereocenters. The number of halogens is 1. The second-order valence-corrected chi connectivity index (χ2v) is 4.73. The normalized spacial score (nSPS) is 10.4. The Labute approximate surface area is 102 Å². The van der Waals surface area contributed by atoms with Crippen molar-refractivity contribution in [2.75, 3.05) is 0 Å². The summed E-state index contributed by atoms with van der Waals surface area (Å²) in [4.78, 5) is 12.7. The van der Waals surface area contributed by atoms with Crippen LogP contribution in [-0.2, 0) is 0 Å². The first-order valence-corrected chi connectivity index (χ1v) is 5.94. The predicted molar refractivity (Wildman–Crippen MR) is 64.3 cm³/mol. The molecule has 2 aromatic rings. The lowest BCUT2D eigenvalue weighted by atomic mass is 10.1. The fourth-order valence-corrected chi connectivity index (χ4v) is 2.45.